The summed E-state index contributed by atoms with van der Waals surface area (Å²) in [5.74, 6) is -0.656. The summed E-state index contributed by atoms with van der Waals surface area (Å²) in [6, 6.07) is 2.80. The molecule has 4 atom stereocenters. The minimum atomic E-state index is -0.843. The number of carbonyl (C=O) groups excluding carboxylic acids is 1. The second-order valence-corrected chi connectivity index (χ2v) is 8.91. The van der Waals surface area contributed by atoms with Gasteiger partial charge < -0.3 is 21.5 Å². The van der Waals surface area contributed by atoms with E-state index in [2.05, 4.69) is 15.3 Å². The number of pyridine rings is 1. The maximum Gasteiger partial charge on any atom is 0.270 e. The number of nitrogens with one attached hydrogen (secondary N) is 1. The Morgan fingerprint density at radius 2 is 2.24 bits per heavy atom. The summed E-state index contributed by atoms with van der Waals surface area (Å²) in [5.41, 5.74) is 12.0. The van der Waals surface area contributed by atoms with Crippen molar-refractivity contribution in [2.75, 3.05) is 18.9 Å². The number of aliphatic imine (C=N–C) groups is 1. The number of anilines is 1. The summed E-state index contributed by atoms with van der Waals surface area (Å²) in [6.07, 6.45) is 5.88. The molecule has 3 aliphatic rings. The smallest absolute Gasteiger partial charge is 0.270 e. The standard InChI is InChI=1S/C20H24FN5O2S/c1-20(14-10-28-7-6-17(14)29-19(23)26-20)13-8-12(3-4-15(13)21)25-18(27)16-5-2-11(22)9-24-16/h2,4-5,8-9,12,14,17H,3,6-7,10,22H2,1H3,(H2,23,26)(H,25,27)/t12?,14?,17?,20-/m1/s1. The molecule has 3 unspecified atom stereocenters. The lowest BCUT2D eigenvalue weighted by Crippen LogP contribution is -2.51. The highest BCUT2D eigenvalue weighted by molar-refractivity contribution is 8.14. The van der Waals surface area contributed by atoms with Gasteiger partial charge in [-0.15, -0.1) is 0 Å². The number of ether oxygens (including phenoxy) is 1. The number of halogens is 1. The molecule has 0 aromatic carbocycles. The Bertz CT molecular complexity index is 901. The number of hydrogen-bond acceptors (Lipinski definition) is 7. The molecule has 1 aromatic rings. The normalized spacial score (nSPS) is 31.8. The molecule has 1 aromatic heterocycles. The van der Waals surface area contributed by atoms with E-state index in [1.807, 2.05) is 6.92 Å². The van der Waals surface area contributed by atoms with Gasteiger partial charge in [0.05, 0.1) is 30.1 Å². The van der Waals surface area contributed by atoms with Crippen molar-refractivity contribution in [3.05, 3.63) is 47.6 Å². The SMILES string of the molecule is C[C@]1(C2=CC(NC(=O)c3ccc(N)cn3)CC=C2F)N=C(N)SC2CCOCC21. The number of rotatable bonds is 3. The van der Waals surface area contributed by atoms with E-state index in [9.17, 15) is 9.18 Å². The lowest BCUT2D eigenvalue weighted by molar-refractivity contribution is 0.0369. The van der Waals surface area contributed by atoms with Gasteiger partial charge in [-0.3, -0.25) is 9.79 Å². The molecule has 9 heteroatoms. The monoisotopic (exact) mass is 417 g/mol. The van der Waals surface area contributed by atoms with Crippen LogP contribution in [0.2, 0.25) is 0 Å². The summed E-state index contributed by atoms with van der Waals surface area (Å²) in [7, 11) is 0. The van der Waals surface area contributed by atoms with Gasteiger partial charge in [-0.05, 0) is 38.0 Å². The van der Waals surface area contributed by atoms with Crippen LogP contribution < -0.4 is 16.8 Å². The average molecular weight is 418 g/mol. The maximum atomic E-state index is 14.9. The van der Waals surface area contributed by atoms with E-state index in [1.165, 1.54) is 24.0 Å². The molecule has 5 N–H and O–H groups in total. The van der Waals surface area contributed by atoms with Crippen LogP contribution in [0, 0.1) is 5.92 Å². The van der Waals surface area contributed by atoms with Gasteiger partial charge in [0.25, 0.3) is 5.91 Å². The number of fused-ring (bicyclic) bond motifs is 1. The molecule has 1 amide bonds. The zero-order valence-corrected chi connectivity index (χ0v) is 16.9. The lowest BCUT2D eigenvalue weighted by atomic mass is 9.74. The first-order chi connectivity index (χ1) is 13.9. The highest BCUT2D eigenvalue weighted by Gasteiger charge is 2.49. The van der Waals surface area contributed by atoms with Crippen LogP contribution in [0.25, 0.3) is 0 Å². The van der Waals surface area contributed by atoms with Crippen molar-refractivity contribution >= 4 is 28.5 Å². The lowest BCUT2D eigenvalue weighted by Gasteiger charge is -2.46. The topological polar surface area (TPSA) is 116 Å². The summed E-state index contributed by atoms with van der Waals surface area (Å²) >= 11 is 1.54. The van der Waals surface area contributed by atoms with Gasteiger partial charge in [-0.2, -0.15) is 0 Å². The molecule has 4 rings (SSSR count). The quantitative estimate of drug-likeness (QED) is 0.694. The highest BCUT2D eigenvalue weighted by Crippen LogP contribution is 2.47. The van der Waals surface area contributed by atoms with Crippen LogP contribution in [-0.2, 0) is 4.74 Å². The Morgan fingerprint density at radius 1 is 1.41 bits per heavy atom. The Kier molecular flexibility index (Phi) is 5.35. The van der Waals surface area contributed by atoms with Crippen LogP contribution >= 0.6 is 11.8 Å². The zero-order valence-electron chi connectivity index (χ0n) is 16.1. The Labute approximate surface area is 172 Å². The number of nitrogens with two attached hydrogens (primary N) is 2. The van der Waals surface area contributed by atoms with Crippen LogP contribution in [-0.4, -0.2) is 46.1 Å². The molecule has 3 heterocycles. The molecule has 2 aliphatic heterocycles. The van der Waals surface area contributed by atoms with E-state index < -0.39 is 5.54 Å². The third kappa shape index (κ3) is 3.89. The summed E-state index contributed by atoms with van der Waals surface area (Å²) in [6.45, 7) is 3.07. The van der Waals surface area contributed by atoms with Gasteiger partial charge >= 0.3 is 0 Å². The molecule has 1 fully saturated rings. The fraction of sp³-hybridized carbons (Fsp3) is 0.450. The largest absolute Gasteiger partial charge is 0.397 e. The molecule has 1 aliphatic carbocycles. The van der Waals surface area contributed by atoms with Crippen molar-refractivity contribution in [2.24, 2.45) is 16.6 Å². The van der Waals surface area contributed by atoms with Crippen LogP contribution in [0.1, 0.15) is 30.3 Å². The van der Waals surface area contributed by atoms with E-state index in [-0.39, 0.29) is 34.6 Å². The summed E-state index contributed by atoms with van der Waals surface area (Å²) < 4.78 is 20.6. The number of nitrogen functional groups attached to an aromatic ring is 1. The molecule has 29 heavy (non-hydrogen) atoms. The van der Waals surface area contributed by atoms with E-state index in [0.29, 0.717) is 36.1 Å². The first kappa shape index (κ1) is 19.9. The van der Waals surface area contributed by atoms with Gasteiger partial charge in [0, 0.05) is 23.3 Å². The molecular formula is C20H24FN5O2S. The third-order valence-corrected chi connectivity index (χ3v) is 6.89. The number of amides is 1. The van der Waals surface area contributed by atoms with Crippen molar-refractivity contribution in [3.63, 3.8) is 0 Å². The third-order valence-electron chi connectivity index (χ3n) is 5.69. The number of carbonyl (C=O) groups is 1. The zero-order chi connectivity index (χ0) is 20.6. The van der Waals surface area contributed by atoms with Crippen LogP contribution in [0.15, 0.2) is 46.9 Å². The summed E-state index contributed by atoms with van der Waals surface area (Å²) in [4.78, 5) is 21.2. The maximum absolute atomic E-state index is 14.9. The Hall–Kier alpha value is -2.39. The molecule has 0 bridgehead atoms. The summed E-state index contributed by atoms with van der Waals surface area (Å²) in [5, 5.41) is 3.59. The predicted octanol–water partition coefficient (Wildman–Crippen LogP) is 2.17. The van der Waals surface area contributed by atoms with Gasteiger partial charge in [-0.25, -0.2) is 9.37 Å². The number of thioether (sulfide) groups is 1. The van der Waals surface area contributed by atoms with Gasteiger partial charge in [0.1, 0.15) is 11.5 Å². The molecule has 1 saturated heterocycles. The minimum absolute atomic E-state index is 0.00664. The Balaban J connectivity index is 1.60. The van der Waals surface area contributed by atoms with E-state index in [1.54, 1.807) is 18.2 Å². The van der Waals surface area contributed by atoms with E-state index in [4.69, 9.17) is 16.2 Å². The fourth-order valence-corrected chi connectivity index (χ4v) is 5.39. The second-order valence-electron chi connectivity index (χ2n) is 7.65. The predicted molar refractivity (Wildman–Crippen MR) is 112 cm³/mol. The molecular weight excluding hydrogens is 393 g/mol. The molecule has 0 spiro atoms. The van der Waals surface area contributed by atoms with Crippen molar-refractivity contribution < 1.29 is 13.9 Å². The average Bonchev–Trinajstić information content (AvgIpc) is 2.69. The minimum Gasteiger partial charge on any atom is -0.397 e. The van der Waals surface area contributed by atoms with Crippen molar-refractivity contribution in [3.8, 4) is 0 Å². The first-order valence-electron chi connectivity index (χ1n) is 9.57. The van der Waals surface area contributed by atoms with E-state index >= 15 is 0 Å². The highest BCUT2D eigenvalue weighted by atomic mass is 32.2. The van der Waals surface area contributed by atoms with Crippen LogP contribution in [0.3, 0.4) is 0 Å². The fourth-order valence-electron chi connectivity index (χ4n) is 4.12. The number of aromatic nitrogens is 1. The Morgan fingerprint density at radius 3 is 3.00 bits per heavy atom. The molecule has 0 radical (unpaired) electrons. The van der Waals surface area contributed by atoms with Crippen molar-refractivity contribution in [1.29, 1.82) is 0 Å². The second kappa shape index (κ2) is 7.79. The first-order valence-corrected chi connectivity index (χ1v) is 10.5. The van der Waals surface area contributed by atoms with E-state index in [0.717, 1.165) is 6.42 Å². The van der Waals surface area contributed by atoms with Gasteiger partial charge in [-0.1, -0.05) is 17.8 Å². The number of nitrogens with zero attached hydrogens (tertiary/aromatic N) is 2. The van der Waals surface area contributed by atoms with Crippen LogP contribution in [0.5, 0.6) is 0 Å². The van der Waals surface area contributed by atoms with Crippen molar-refractivity contribution in [2.45, 2.75) is 36.6 Å². The van der Waals surface area contributed by atoms with Crippen LogP contribution in [0.4, 0.5) is 10.1 Å². The van der Waals surface area contributed by atoms with Crippen molar-refractivity contribution in [1.82, 2.24) is 10.3 Å². The molecule has 7 nitrogen and oxygen atoms in total. The number of hydrogen-bond donors (Lipinski definition) is 3. The van der Waals surface area contributed by atoms with Gasteiger partial charge in [0.2, 0.25) is 0 Å². The number of amidine groups is 1. The molecule has 0 saturated carbocycles. The van der Waals surface area contributed by atoms with Gasteiger partial charge in [0.15, 0.2) is 5.17 Å². The molecule has 154 valence electrons.